The molecule has 2 aliphatic heterocycles. The number of amides is 2. The van der Waals surface area contributed by atoms with Gasteiger partial charge in [-0.05, 0) is 48.7 Å². The number of anilines is 1. The summed E-state index contributed by atoms with van der Waals surface area (Å²) in [6, 6.07) is 12.9. The first-order valence-corrected chi connectivity index (χ1v) is 11.3. The molecule has 9 heteroatoms. The lowest BCUT2D eigenvalue weighted by Crippen LogP contribution is -2.28. The number of nitrogens with zero attached hydrogens (tertiary/aromatic N) is 2. The Balaban J connectivity index is 1.72. The third kappa shape index (κ3) is 3.62. The predicted octanol–water partition coefficient (Wildman–Crippen LogP) is 2.95. The van der Waals surface area contributed by atoms with Gasteiger partial charge >= 0.3 is 0 Å². The van der Waals surface area contributed by atoms with Crippen molar-refractivity contribution in [3.05, 3.63) is 64.8 Å². The van der Waals surface area contributed by atoms with Crippen LogP contribution < -0.4 is 5.32 Å². The molecule has 7 nitrogen and oxygen atoms in total. The molecule has 0 unspecified atom stereocenters. The summed E-state index contributed by atoms with van der Waals surface area (Å²) in [5, 5.41) is 3.48. The van der Waals surface area contributed by atoms with Crippen LogP contribution in [0.3, 0.4) is 0 Å². The molecule has 1 saturated heterocycles. The number of nitrogens with one attached hydrogen (secondary N) is 1. The number of hydrogen-bond acceptors (Lipinski definition) is 5. The molecule has 1 N–H and O–H groups in total. The fourth-order valence-electron chi connectivity index (χ4n) is 3.60. The zero-order valence-corrected chi connectivity index (χ0v) is 17.8. The van der Waals surface area contributed by atoms with Gasteiger partial charge in [0.25, 0.3) is 11.8 Å². The summed E-state index contributed by atoms with van der Waals surface area (Å²) in [4.78, 5) is 26.5. The molecule has 1 fully saturated rings. The van der Waals surface area contributed by atoms with Crippen LogP contribution >= 0.6 is 11.6 Å². The molecule has 0 radical (unpaired) electrons. The topological polar surface area (TPSA) is 86.8 Å². The molecule has 0 saturated carbocycles. The van der Waals surface area contributed by atoms with Crippen molar-refractivity contribution in [1.82, 2.24) is 9.21 Å². The fraction of sp³-hybridized carbons (Fsp3) is 0.238. The zero-order chi connectivity index (χ0) is 21.5. The number of halogens is 1. The zero-order valence-electron chi connectivity index (χ0n) is 16.3. The van der Waals surface area contributed by atoms with Gasteiger partial charge in [0.05, 0.1) is 10.5 Å². The second-order valence-corrected chi connectivity index (χ2v) is 9.56. The molecule has 0 bridgehead atoms. The monoisotopic (exact) mass is 445 g/mol. The smallest absolute Gasteiger partial charge is 0.277 e. The molecule has 2 amide bonds. The molecule has 2 aliphatic rings. The maximum absolute atomic E-state index is 12.9. The van der Waals surface area contributed by atoms with Gasteiger partial charge in [-0.2, -0.15) is 4.31 Å². The normalized spacial score (nSPS) is 17.9. The Bertz CT molecular complexity index is 1150. The van der Waals surface area contributed by atoms with Crippen molar-refractivity contribution in [2.45, 2.75) is 17.7 Å². The molecule has 4 rings (SSSR count). The van der Waals surface area contributed by atoms with E-state index in [1.807, 2.05) is 0 Å². The van der Waals surface area contributed by atoms with Gasteiger partial charge in [-0.15, -0.1) is 0 Å². The molecular formula is C21H20ClN3O4S. The van der Waals surface area contributed by atoms with E-state index < -0.39 is 21.8 Å². The molecule has 30 heavy (non-hydrogen) atoms. The van der Waals surface area contributed by atoms with Crippen molar-refractivity contribution in [2.75, 3.05) is 25.5 Å². The van der Waals surface area contributed by atoms with Crippen LogP contribution in [-0.4, -0.2) is 49.6 Å². The van der Waals surface area contributed by atoms with Crippen LogP contribution in [0.2, 0.25) is 5.02 Å². The fourth-order valence-corrected chi connectivity index (χ4v) is 5.29. The van der Waals surface area contributed by atoms with Crippen molar-refractivity contribution >= 4 is 44.7 Å². The average molecular weight is 446 g/mol. The Morgan fingerprint density at radius 2 is 1.63 bits per heavy atom. The van der Waals surface area contributed by atoms with Crippen LogP contribution in [0.15, 0.2) is 59.1 Å². The first-order chi connectivity index (χ1) is 14.3. The van der Waals surface area contributed by atoms with Gasteiger partial charge < -0.3 is 5.32 Å². The highest BCUT2D eigenvalue weighted by atomic mass is 35.5. The van der Waals surface area contributed by atoms with Gasteiger partial charge in [-0.25, -0.2) is 8.42 Å². The molecule has 0 spiro atoms. The van der Waals surface area contributed by atoms with Crippen molar-refractivity contribution in [3.8, 4) is 0 Å². The summed E-state index contributed by atoms with van der Waals surface area (Å²) in [6.07, 6.45) is 1.69. The first-order valence-electron chi connectivity index (χ1n) is 9.49. The standard InChI is InChI=1S/C21H20ClN3O4S/c1-24-20(26)18(14-7-9-15(22)10-8-14)19(21(24)27)23-16-5-4-6-17(13-16)30(28,29)25-11-2-3-12-25/h4-10,13,23H,2-3,11-12H2,1H3. The summed E-state index contributed by atoms with van der Waals surface area (Å²) in [5.41, 5.74) is 1.27. The van der Waals surface area contributed by atoms with Crippen LogP contribution in [0.1, 0.15) is 18.4 Å². The lowest BCUT2D eigenvalue weighted by molar-refractivity contribution is -0.135. The van der Waals surface area contributed by atoms with Gasteiger partial charge in [0, 0.05) is 30.8 Å². The number of carbonyl (C=O) groups is 2. The molecule has 2 aromatic carbocycles. The van der Waals surface area contributed by atoms with Crippen molar-refractivity contribution in [1.29, 1.82) is 0 Å². The summed E-state index contributed by atoms with van der Waals surface area (Å²) >= 11 is 5.94. The highest BCUT2D eigenvalue weighted by Gasteiger charge is 2.37. The minimum atomic E-state index is -3.60. The van der Waals surface area contributed by atoms with E-state index in [1.54, 1.807) is 36.4 Å². The Morgan fingerprint density at radius 3 is 2.30 bits per heavy atom. The lowest BCUT2D eigenvalue weighted by Gasteiger charge is -2.16. The third-order valence-electron chi connectivity index (χ3n) is 5.23. The Hall–Kier alpha value is -2.68. The maximum Gasteiger partial charge on any atom is 0.277 e. The quantitative estimate of drug-likeness (QED) is 0.715. The van der Waals surface area contributed by atoms with E-state index in [-0.39, 0.29) is 16.2 Å². The number of carbonyl (C=O) groups excluding carboxylic acids is 2. The van der Waals surface area contributed by atoms with Gasteiger partial charge in [0.2, 0.25) is 10.0 Å². The van der Waals surface area contributed by atoms with Crippen LogP contribution in [0.5, 0.6) is 0 Å². The van der Waals surface area contributed by atoms with Gasteiger partial charge in [-0.3, -0.25) is 14.5 Å². The minimum Gasteiger partial charge on any atom is -0.350 e. The van der Waals surface area contributed by atoms with E-state index in [9.17, 15) is 18.0 Å². The molecular weight excluding hydrogens is 426 g/mol. The van der Waals surface area contributed by atoms with E-state index in [4.69, 9.17) is 11.6 Å². The molecule has 2 aromatic rings. The summed E-state index contributed by atoms with van der Waals surface area (Å²) in [5.74, 6) is -0.927. The Kier molecular flexibility index (Phi) is 5.40. The number of rotatable bonds is 5. The summed E-state index contributed by atoms with van der Waals surface area (Å²) in [7, 11) is -2.19. The van der Waals surface area contributed by atoms with Crippen LogP contribution in [0, 0.1) is 0 Å². The van der Waals surface area contributed by atoms with Gasteiger partial charge in [-0.1, -0.05) is 29.8 Å². The number of hydrogen-bond donors (Lipinski definition) is 1. The number of benzene rings is 2. The molecule has 156 valence electrons. The van der Waals surface area contributed by atoms with Crippen LogP contribution in [0.4, 0.5) is 5.69 Å². The lowest BCUT2D eigenvalue weighted by atomic mass is 10.0. The van der Waals surface area contributed by atoms with Crippen molar-refractivity contribution in [2.24, 2.45) is 0 Å². The van der Waals surface area contributed by atoms with E-state index >= 15 is 0 Å². The minimum absolute atomic E-state index is 0.0977. The van der Waals surface area contributed by atoms with Crippen molar-refractivity contribution < 1.29 is 18.0 Å². The second-order valence-electron chi connectivity index (χ2n) is 7.19. The average Bonchev–Trinajstić information content (AvgIpc) is 3.35. The Labute approximate surface area is 180 Å². The second kappa shape index (κ2) is 7.86. The third-order valence-corrected chi connectivity index (χ3v) is 7.37. The van der Waals surface area contributed by atoms with Crippen LogP contribution in [0.25, 0.3) is 5.57 Å². The highest BCUT2D eigenvalue weighted by Crippen LogP contribution is 2.31. The number of imide groups is 1. The van der Waals surface area contributed by atoms with Gasteiger partial charge in [0.1, 0.15) is 5.70 Å². The number of likely N-dealkylation sites (N-methyl/N-ethyl adjacent to an activating group) is 1. The molecule has 0 aliphatic carbocycles. The summed E-state index contributed by atoms with van der Waals surface area (Å²) < 4.78 is 27.2. The molecule has 2 heterocycles. The van der Waals surface area contributed by atoms with E-state index in [1.165, 1.54) is 23.5 Å². The van der Waals surface area contributed by atoms with Gasteiger partial charge in [0.15, 0.2) is 0 Å². The van der Waals surface area contributed by atoms with E-state index in [0.717, 1.165) is 17.7 Å². The van der Waals surface area contributed by atoms with Crippen molar-refractivity contribution in [3.63, 3.8) is 0 Å². The Morgan fingerprint density at radius 1 is 0.967 bits per heavy atom. The maximum atomic E-state index is 12.9. The van der Waals surface area contributed by atoms with E-state index in [0.29, 0.717) is 29.4 Å². The molecule has 0 atom stereocenters. The molecule has 0 aromatic heterocycles. The van der Waals surface area contributed by atoms with Crippen LogP contribution in [-0.2, 0) is 19.6 Å². The highest BCUT2D eigenvalue weighted by molar-refractivity contribution is 7.89. The predicted molar refractivity (Wildman–Crippen MR) is 114 cm³/mol. The van der Waals surface area contributed by atoms with E-state index in [2.05, 4.69) is 5.32 Å². The number of sulfonamides is 1. The largest absolute Gasteiger partial charge is 0.350 e. The summed E-state index contributed by atoms with van der Waals surface area (Å²) in [6.45, 7) is 1.01. The SMILES string of the molecule is CN1C(=O)C(Nc2cccc(S(=O)(=O)N3CCCC3)c2)=C(c2ccc(Cl)cc2)C1=O. The first kappa shape index (κ1) is 20.6.